The van der Waals surface area contributed by atoms with Crippen molar-refractivity contribution >= 4 is 22.8 Å². The van der Waals surface area contributed by atoms with Crippen LogP contribution in [0, 0.1) is 5.82 Å². The molecule has 3 atom stereocenters. The molecule has 30 heavy (non-hydrogen) atoms. The van der Waals surface area contributed by atoms with Crippen LogP contribution in [0.2, 0.25) is 5.02 Å². The topological polar surface area (TPSA) is 110 Å². The summed E-state index contributed by atoms with van der Waals surface area (Å²) in [6, 6.07) is 6.28. The highest BCUT2D eigenvalue weighted by Crippen LogP contribution is 2.33. The minimum atomic E-state index is -0.833. The lowest BCUT2D eigenvalue weighted by atomic mass is 10.0. The lowest BCUT2D eigenvalue weighted by Crippen LogP contribution is -2.45. The Bertz CT molecular complexity index is 1050. The molecule has 8 nitrogen and oxygen atoms in total. The van der Waals surface area contributed by atoms with E-state index in [1.807, 2.05) is 6.92 Å². The Kier molecular flexibility index (Phi) is 6.05. The molecule has 1 fully saturated rings. The quantitative estimate of drug-likeness (QED) is 0.544. The average Bonchev–Trinajstić information content (AvgIpc) is 3.09. The van der Waals surface area contributed by atoms with E-state index in [2.05, 4.69) is 15.0 Å². The molecule has 1 saturated heterocycles. The van der Waals surface area contributed by atoms with Crippen LogP contribution in [0.1, 0.15) is 13.3 Å². The summed E-state index contributed by atoms with van der Waals surface area (Å²) in [6.45, 7) is 2.20. The molecule has 0 saturated carbocycles. The summed E-state index contributed by atoms with van der Waals surface area (Å²) in [5.41, 5.74) is 1.32. The van der Waals surface area contributed by atoms with E-state index in [1.165, 1.54) is 6.07 Å². The molecule has 4 rings (SSSR count). The van der Waals surface area contributed by atoms with Crippen LogP contribution >= 0.6 is 11.6 Å². The fourth-order valence-corrected chi connectivity index (χ4v) is 3.58. The number of aliphatic hydroxyl groups is 2. The molecule has 3 heterocycles. The smallest absolute Gasteiger partial charge is 0.296 e. The fourth-order valence-electron chi connectivity index (χ4n) is 3.33. The van der Waals surface area contributed by atoms with E-state index in [-0.39, 0.29) is 35.5 Å². The Morgan fingerprint density at radius 2 is 2.17 bits per heavy atom. The van der Waals surface area contributed by atoms with Crippen molar-refractivity contribution in [1.29, 1.82) is 0 Å². The maximum Gasteiger partial charge on any atom is 0.296 e. The van der Waals surface area contributed by atoms with E-state index in [0.717, 1.165) is 0 Å². The van der Waals surface area contributed by atoms with Crippen LogP contribution in [0.3, 0.4) is 0 Å². The van der Waals surface area contributed by atoms with Gasteiger partial charge in [-0.2, -0.15) is 4.98 Å². The first-order chi connectivity index (χ1) is 14.5. The monoisotopic (exact) mass is 437 g/mol. The minimum absolute atomic E-state index is 0.182. The number of aromatic nitrogens is 3. The lowest BCUT2D eigenvalue weighted by Gasteiger charge is -2.31. The Morgan fingerprint density at radius 3 is 2.87 bits per heavy atom. The van der Waals surface area contributed by atoms with Gasteiger partial charge >= 0.3 is 0 Å². The minimum Gasteiger partial charge on any atom is -0.494 e. The van der Waals surface area contributed by atoms with Gasteiger partial charge < -0.3 is 29.4 Å². The van der Waals surface area contributed by atoms with Gasteiger partial charge in [-0.3, -0.25) is 0 Å². The fraction of sp³-hybridized carbons (Fsp3) is 0.400. The van der Waals surface area contributed by atoms with Crippen molar-refractivity contribution in [3.8, 4) is 23.0 Å². The molecule has 3 aromatic rings. The first-order valence-electron chi connectivity index (χ1n) is 9.54. The summed E-state index contributed by atoms with van der Waals surface area (Å²) >= 11 is 6.34. The highest BCUT2D eigenvalue weighted by Gasteiger charge is 2.31. The molecular weight excluding hydrogens is 417 g/mol. The number of rotatable bonds is 6. The van der Waals surface area contributed by atoms with Gasteiger partial charge in [0.15, 0.2) is 5.65 Å². The number of nitrogens with zero attached hydrogens (tertiary/aromatic N) is 2. The molecule has 1 aliphatic heterocycles. The number of hydrogen-bond donors (Lipinski definition) is 3. The van der Waals surface area contributed by atoms with Crippen LogP contribution < -0.4 is 9.47 Å². The van der Waals surface area contributed by atoms with E-state index in [1.54, 1.807) is 18.2 Å². The first-order valence-corrected chi connectivity index (χ1v) is 9.92. The van der Waals surface area contributed by atoms with E-state index in [0.29, 0.717) is 29.9 Å². The number of imidazole rings is 1. The van der Waals surface area contributed by atoms with Gasteiger partial charge in [0.25, 0.3) is 6.01 Å². The van der Waals surface area contributed by atoms with Crippen LogP contribution in [-0.4, -0.2) is 63.3 Å². The SMILES string of the molecule is CCOc1ccc(-c2nc3nc(O[C@H]4CO[C@H](CO)[C@@H](O)C4)[nH]c3cc2Cl)c(F)c1. The number of pyridine rings is 1. The molecule has 0 radical (unpaired) electrons. The normalized spacial score (nSPS) is 21.7. The van der Waals surface area contributed by atoms with Crippen LogP contribution in [0.5, 0.6) is 11.8 Å². The van der Waals surface area contributed by atoms with Crippen LogP contribution in [0.25, 0.3) is 22.4 Å². The second-order valence-electron chi connectivity index (χ2n) is 6.90. The third-order valence-electron chi connectivity index (χ3n) is 4.80. The van der Waals surface area contributed by atoms with Crippen molar-refractivity contribution in [1.82, 2.24) is 15.0 Å². The number of aliphatic hydroxyl groups excluding tert-OH is 2. The number of aromatic amines is 1. The van der Waals surface area contributed by atoms with Crippen molar-refractivity contribution in [3.63, 3.8) is 0 Å². The van der Waals surface area contributed by atoms with Gasteiger partial charge in [0.1, 0.15) is 23.8 Å². The molecule has 3 N–H and O–H groups in total. The van der Waals surface area contributed by atoms with Gasteiger partial charge in [-0.05, 0) is 25.1 Å². The van der Waals surface area contributed by atoms with Gasteiger partial charge in [0.05, 0.1) is 42.2 Å². The lowest BCUT2D eigenvalue weighted by molar-refractivity contribution is -0.131. The standard InChI is InChI=1S/C20H21ClFN3O5/c1-2-28-10-3-4-12(14(22)5-10)18-13(21)7-15-19(24-18)25-20(23-15)30-11-6-16(27)17(8-26)29-9-11/h3-5,7,11,16-17,26-27H,2,6,8-9H2,1H3,(H,23,24,25)/t11-,16+,17-/m1/s1. The zero-order valence-corrected chi connectivity index (χ0v) is 16.9. The number of benzene rings is 1. The zero-order valence-electron chi connectivity index (χ0n) is 16.1. The zero-order chi connectivity index (χ0) is 21.3. The van der Waals surface area contributed by atoms with Gasteiger partial charge in [0.2, 0.25) is 0 Å². The second-order valence-corrected chi connectivity index (χ2v) is 7.31. The van der Waals surface area contributed by atoms with Crippen molar-refractivity contribution < 1.29 is 28.8 Å². The molecule has 1 aliphatic rings. The maximum absolute atomic E-state index is 14.6. The molecule has 0 spiro atoms. The molecular formula is C20H21ClFN3O5. The van der Waals surface area contributed by atoms with Gasteiger partial charge in [-0.1, -0.05) is 11.6 Å². The van der Waals surface area contributed by atoms with Crippen LogP contribution in [0.15, 0.2) is 24.3 Å². The molecule has 0 unspecified atom stereocenters. The van der Waals surface area contributed by atoms with Gasteiger partial charge in [0, 0.05) is 18.1 Å². The van der Waals surface area contributed by atoms with Crippen molar-refractivity contribution in [3.05, 3.63) is 35.1 Å². The highest BCUT2D eigenvalue weighted by molar-refractivity contribution is 6.33. The average molecular weight is 438 g/mol. The highest BCUT2D eigenvalue weighted by atomic mass is 35.5. The second kappa shape index (κ2) is 8.73. The summed E-state index contributed by atoms with van der Waals surface area (Å²) in [4.78, 5) is 11.6. The number of H-pyrrole nitrogens is 1. The van der Waals surface area contributed by atoms with Crippen molar-refractivity contribution in [2.45, 2.75) is 31.7 Å². The van der Waals surface area contributed by atoms with E-state index >= 15 is 0 Å². The van der Waals surface area contributed by atoms with Crippen LogP contribution in [0.4, 0.5) is 4.39 Å². The molecule has 2 aromatic heterocycles. The Hall–Kier alpha value is -2.46. The van der Waals surface area contributed by atoms with Crippen molar-refractivity contribution in [2.24, 2.45) is 0 Å². The molecule has 10 heteroatoms. The molecule has 160 valence electrons. The predicted octanol–water partition coefficient (Wildman–Crippen LogP) is 2.71. The number of fused-ring (bicyclic) bond motifs is 1. The molecule has 0 aliphatic carbocycles. The summed E-state index contributed by atoms with van der Waals surface area (Å²) in [5.74, 6) is -0.0831. The number of halogens is 2. The third kappa shape index (κ3) is 4.20. The molecule has 1 aromatic carbocycles. The number of nitrogens with one attached hydrogen (secondary N) is 1. The maximum atomic E-state index is 14.6. The first kappa shape index (κ1) is 20.8. The van der Waals surface area contributed by atoms with E-state index in [4.69, 9.17) is 30.9 Å². The predicted molar refractivity (Wildman–Crippen MR) is 107 cm³/mol. The summed E-state index contributed by atoms with van der Waals surface area (Å²) in [5, 5.41) is 19.4. The van der Waals surface area contributed by atoms with Gasteiger partial charge in [-0.25, -0.2) is 9.37 Å². The summed E-state index contributed by atoms with van der Waals surface area (Å²) in [7, 11) is 0. The van der Waals surface area contributed by atoms with Gasteiger partial charge in [-0.15, -0.1) is 0 Å². The number of ether oxygens (including phenoxy) is 3. The Balaban J connectivity index is 1.58. The summed E-state index contributed by atoms with van der Waals surface area (Å²) < 4.78 is 31.0. The van der Waals surface area contributed by atoms with Crippen LogP contribution in [-0.2, 0) is 4.74 Å². The number of hydrogen-bond acceptors (Lipinski definition) is 7. The largest absolute Gasteiger partial charge is 0.494 e. The Morgan fingerprint density at radius 1 is 1.33 bits per heavy atom. The Labute approximate surface area is 176 Å². The van der Waals surface area contributed by atoms with E-state index in [9.17, 15) is 9.50 Å². The molecule has 0 amide bonds. The summed E-state index contributed by atoms with van der Waals surface area (Å²) in [6.07, 6.45) is -1.60. The molecule has 0 bridgehead atoms. The third-order valence-corrected chi connectivity index (χ3v) is 5.09. The van der Waals surface area contributed by atoms with Crippen molar-refractivity contribution in [2.75, 3.05) is 19.8 Å². The van der Waals surface area contributed by atoms with E-state index < -0.39 is 24.1 Å².